The van der Waals surface area contributed by atoms with E-state index in [9.17, 15) is 9.59 Å². The normalized spacial score (nSPS) is 11.8. The van der Waals surface area contributed by atoms with Gasteiger partial charge in [0.05, 0.1) is 5.92 Å². The summed E-state index contributed by atoms with van der Waals surface area (Å²) in [6, 6.07) is 6.84. The Morgan fingerprint density at radius 2 is 1.48 bits per heavy atom. The van der Waals surface area contributed by atoms with Crippen molar-refractivity contribution < 1.29 is 19.1 Å². The summed E-state index contributed by atoms with van der Waals surface area (Å²) in [5, 5.41) is 0. The minimum atomic E-state index is -0.297. The number of benzene rings is 1. The molecule has 25 heavy (non-hydrogen) atoms. The summed E-state index contributed by atoms with van der Waals surface area (Å²) < 4.78 is 10.8. The molecule has 0 aliphatic carbocycles. The molecule has 0 bridgehead atoms. The highest BCUT2D eigenvalue weighted by Gasteiger charge is 2.18. The summed E-state index contributed by atoms with van der Waals surface area (Å²) in [6.07, 6.45) is 8.77. The number of para-hydroxylation sites is 2. The summed E-state index contributed by atoms with van der Waals surface area (Å²) in [6.45, 7) is 6.09. The zero-order valence-corrected chi connectivity index (χ0v) is 15.9. The van der Waals surface area contributed by atoms with E-state index in [1.807, 2.05) is 13.8 Å². The van der Waals surface area contributed by atoms with E-state index < -0.39 is 0 Å². The number of rotatable bonds is 12. The maximum atomic E-state index is 12.3. The van der Waals surface area contributed by atoms with Gasteiger partial charge in [0.15, 0.2) is 11.5 Å². The molecular weight excluding hydrogens is 316 g/mol. The third-order valence-corrected chi connectivity index (χ3v) is 4.16. The van der Waals surface area contributed by atoms with Crippen molar-refractivity contribution in [1.29, 1.82) is 0 Å². The minimum Gasteiger partial charge on any atom is -0.423 e. The first-order chi connectivity index (χ1) is 12.1. The van der Waals surface area contributed by atoms with Gasteiger partial charge in [-0.25, -0.2) is 0 Å². The molecule has 4 nitrogen and oxygen atoms in total. The summed E-state index contributed by atoms with van der Waals surface area (Å²) >= 11 is 0. The second kappa shape index (κ2) is 12.5. The molecule has 0 saturated carbocycles. The Labute approximate surface area is 151 Å². The number of ether oxygens (including phenoxy) is 2. The lowest BCUT2D eigenvalue weighted by Crippen LogP contribution is -2.18. The van der Waals surface area contributed by atoms with Crippen LogP contribution in [0.15, 0.2) is 24.3 Å². The van der Waals surface area contributed by atoms with Crippen LogP contribution in [0, 0.1) is 5.92 Å². The van der Waals surface area contributed by atoms with Gasteiger partial charge in [-0.1, -0.05) is 71.4 Å². The van der Waals surface area contributed by atoms with Crippen molar-refractivity contribution in [2.45, 2.75) is 78.6 Å². The van der Waals surface area contributed by atoms with Gasteiger partial charge in [-0.3, -0.25) is 9.59 Å². The zero-order valence-electron chi connectivity index (χ0n) is 15.9. The molecule has 0 spiro atoms. The second-order valence-corrected chi connectivity index (χ2v) is 6.55. The molecule has 0 fully saturated rings. The average Bonchev–Trinajstić information content (AvgIpc) is 2.61. The molecule has 0 aliphatic rings. The zero-order chi connectivity index (χ0) is 18.5. The van der Waals surface area contributed by atoms with Crippen LogP contribution in [0.4, 0.5) is 0 Å². The van der Waals surface area contributed by atoms with Gasteiger partial charge in [0.2, 0.25) is 0 Å². The highest BCUT2D eigenvalue weighted by Crippen LogP contribution is 2.28. The molecule has 0 aliphatic heterocycles. The van der Waals surface area contributed by atoms with Crippen molar-refractivity contribution in [2.24, 2.45) is 5.92 Å². The van der Waals surface area contributed by atoms with Crippen LogP contribution in [0.3, 0.4) is 0 Å². The van der Waals surface area contributed by atoms with Crippen molar-refractivity contribution in [1.82, 2.24) is 0 Å². The standard InChI is InChI=1S/C21H32O4/c1-4-6-8-9-10-13-17(3)21(23)25-19-15-12-11-14-18(19)24-20(22)16-7-5-2/h11-12,14-15,17H,4-10,13,16H2,1-3H3. The van der Waals surface area contributed by atoms with Gasteiger partial charge in [0.1, 0.15) is 0 Å². The van der Waals surface area contributed by atoms with Crippen LogP contribution in [-0.2, 0) is 9.59 Å². The van der Waals surface area contributed by atoms with Crippen LogP contribution >= 0.6 is 0 Å². The minimum absolute atomic E-state index is 0.162. The third kappa shape index (κ3) is 8.71. The van der Waals surface area contributed by atoms with E-state index in [1.54, 1.807) is 24.3 Å². The van der Waals surface area contributed by atoms with E-state index in [-0.39, 0.29) is 17.9 Å². The van der Waals surface area contributed by atoms with E-state index in [2.05, 4.69) is 6.92 Å². The smallest absolute Gasteiger partial charge is 0.314 e. The van der Waals surface area contributed by atoms with E-state index in [0.29, 0.717) is 17.9 Å². The van der Waals surface area contributed by atoms with Crippen LogP contribution in [0.5, 0.6) is 11.5 Å². The van der Waals surface area contributed by atoms with Crippen LogP contribution in [0.1, 0.15) is 78.6 Å². The van der Waals surface area contributed by atoms with E-state index in [1.165, 1.54) is 19.3 Å². The Morgan fingerprint density at radius 3 is 2.12 bits per heavy atom. The van der Waals surface area contributed by atoms with Gasteiger partial charge < -0.3 is 9.47 Å². The van der Waals surface area contributed by atoms with Gasteiger partial charge in [0, 0.05) is 6.42 Å². The van der Waals surface area contributed by atoms with E-state index in [4.69, 9.17) is 9.47 Å². The predicted molar refractivity (Wildman–Crippen MR) is 99.8 cm³/mol. The van der Waals surface area contributed by atoms with Crippen LogP contribution < -0.4 is 9.47 Å². The van der Waals surface area contributed by atoms with Crippen molar-refractivity contribution in [3.05, 3.63) is 24.3 Å². The quantitative estimate of drug-likeness (QED) is 0.277. The first-order valence-electron chi connectivity index (χ1n) is 9.59. The van der Waals surface area contributed by atoms with E-state index >= 15 is 0 Å². The summed E-state index contributed by atoms with van der Waals surface area (Å²) in [4.78, 5) is 24.1. The van der Waals surface area contributed by atoms with Crippen molar-refractivity contribution >= 4 is 11.9 Å². The molecule has 0 heterocycles. The van der Waals surface area contributed by atoms with Crippen LogP contribution in [-0.4, -0.2) is 11.9 Å². The van der Waals surface area contributed by atoms with Crippen LogP contribution in [0.25, 0.3) is 0 Å². The van der Waals surface area contributed by atoms with Gasteiger partial charge >= 0.3 is 11.9 Å². The lowest BCUT2D eigenvalue weighted by atomic mass is 10.0. The lowest BCUT2D eigenvalue weighted by molar-refractivity contribution is -0.140. The number of carbonyl (C=O) groups is 2. The highest BCUT2D eigenvalue weighted by atomic mass is 16.6. The lowest BCUT2D eigenvalue weighted by Gasteiger charge is -2.13. The Morgan fingerprint density at radius 1 is 0.880 bits per heavy atom. The molecule has 1 aromatic rings. The molecule has 1 unspecified atom stereocenters. The maximum Gasteiger partial charge on any atom is 0.314 e. The molecule has 0 saturated heterocycles. The van der Waals surface area contributed by atoms with Gasteiger partial charge in [-0.05, 0) is 25.0 Å². The Bertz CT molecular complexity index is 524. The van der Waals surface area contributed by atoms with Crippen LogP contribution in [0.2, 0.25) is 0 Å². The predicted octanol–water partition coefficient (Wildman–Crippen LogP) is 5.68. The Kier molecular flexibility index (Phi) is 10.6. The first-order valence-corrected chi connectivity index (χ1v) is 9.59. The summed E-state index contributed by atoms with van der Waals surface area (Å²) in [5.41, 5.74) is 0. The first kappa shape index (κ1) is 21.2. The molecule has 140 valence electrons. The fourth-order valence-electron chi connectivity index (χ4n) is 2.49. The van der Waals surface area contributed by atoms with Gasteiger partial charge in [-0.2, -0.15) is 0 Å². The third-order valence-electron chi connectivity index (χ3n) is 4.16. The van der Waals surface area contributed by atoms with Gasteiger partial charge in [-0.15, -0.1) is 0 Å². The molecular formula is C21H32O4. The number of esters is 2. The summed E-state index contributed by atoms with van der Waals surface area (Å²) in [7, 11) is 0. The SMILES string of the molecule is CCCCCCCC(C)C(=O)Oc1ccccc1OC(=O)CCCC. The second-order valence-electron chi connectivity index (χ2n) is 6.55. The number of hydrogen-bond donors (Lipinski definition) is 0. The fraction of sp³-hybridized carbons (Fsp3) is 0.619. The molecule has 0 radical (unpaired) electrons. The molecule has 0 aromatic heterocycles. The maximum absolute atomic E-state index is 12.3. The van der Waals surface area contributed by atoms with E-state index in [0.717, 1.165) is 32.1 Å². The summed E-state index contributed by atoms with van der Waals surface area (Å²) in [5.74, 6) is -0.102. The Balaban J connectivity index is 2.51. The largest absolute Gasteiger partial charge is 0.423 e. The van der Waals surface area contributed by atoms with Crippen molar-refractivity contribution in [2.75, 3.05) is 0 Å². The Hall–Kier alpha value is -1.84. The van der Waals surface area contributed by atoms with Crippen molar-refractivity contribution in [3.63, 3.8) is 0 Å². The molecule has 1 rings (SSSR count). The van der Waals surface area contributed by atoms with Crippen molar-refractivity contribution in [3.8, 4) is 11.5 Å². The molecule has 4 heteroatoms. The molecule has 1 aromatic carbocycles. The highest BCUT2D eigenvalue weighted by molar-refractivity contribution is 5.77. The average molecular weight is 348 g/mol. The fourth-order valence-corrected chi connectivity index (χ4v) is 2.49. The molecule has 0 N–H and O–H groups in total. The van der Waals surface area contributed by atoms with Gasteiger partial charge in [0.25, 0.3) is 0 Å². The monoisotopic (exact) mass is 348 g/mol. The number of hydrogen-bond acceptors (Lipinski definition) is 4. The molecule has 1 atom stereocenters. The number of unbranched alkanes of at least 4 members (excludes halogenated alkanes) is 5. The number of carbonyl (C=O) groups excluding carboxylic acids is 2. The molecule has 0 amide bonds. The topological polar surface area (TPSA) is 52.6 Å².